The van der Waals surface area contributed by atoms with Crippen LogP contribution in [0.5, 0.6) is 0 Å². The van der Waals surface area contributed by atoms with Gasteiger partial charge in [0, 0.05) is 5.70 Å². The summed E-state index contributed by atoms with van der Waals surface area (Å²) in [6.07, 6.45) is 0. The van der Waals surface area contributed by atoms with Crippen molar-refractivity contribution in [1.82, 2.24) is 10.6 Å². The summed E-state index contributed by atoms with van der Waals surface area (Å²) in [6.45, 7) is 5.80. The predicted molar refractivity (Wildman–Crippen MR) is 117 cm³/mol. The highest BCUT2D eigenvalue weighted by atomic mass is 32.2. The highest BCUT2D eigenvalue weighted by molar-refractivity contribution is 7.91. The van der Waals surface area contributed by atoms with Gasteiger partial charge >= 0.3 is 12.0 Å². The number of hydrogen-bond donors (Lipinski definition) is 2. The summed E-state index contributed by atoms with van der Waals surface area (Å²) in [5, 5.41) is 5.13. The number of carbonyl (C=O) groups excluding carboxylic acids is 2. The lowest BCUT2D eigenvalue weighted by molar-refractivity contribution is -0.139. The Labute approximate surface area is 186 Å². The minimum Gasteiger partial charge on any atom is -0.463 e. The Hall–Kier alpha value is -3.20. The van der Waals surface area contributed by atoms with Crippen LogP contribution >= 0.6 is 0 Å². The zero-order valence-corrected chi connectivity index (χ0v) is 18.8. The third-order valence-electron chi connectivity index (χ3n) is 5.09. The van der Waals surface area contributed by atoms with Crippen LogP contribution in [0.4, 0.5) is 9.18 Å². The fraction of sp³-hybridized carbons (Fsp3) is 0.304. The molecule has 0 spiro atoms. The van der Waals surface area contributed by atoms with E-state index in [1.54, 1.807) is 19.1 Å². The molecule has 0 saturated heterocycles. The van der Waals surface area contributed by atoms with Crippen LogP contribution in [0, 0.1) is 5.82 Å². The van der Waals surface area contributed by atoms with E-state index in [4.69, 9.17) is 4.74 Å². The fourth-order valence-electron chi connectivity index (χ4n) is 3.42. The molecule has 0 aromatic heterocycles. The number of benzene rings is 2. The number of halogens is 1. The van der Waals surface area contributed by atoms with Crippen molar-refractivity contribution >= 4 is 21.8 Å². The Morgan fingerprint density at radius 2 is 1.72 bits per heavy atom. The molecule has 2 aromatic carbocycles. The van der Waals surface area contributed by atoms with Crippen LogP contribution in [-0.2, 0) is 19.4 Å². The lowest BCUT2D eigenvalue weighted by Crippen LogP contribution is -2.47. The van der Waals surface area contributed by atoms with E-state index in [1.807, 2.05) is 26.0 Å². The average molecular weight is 461 g/mol. The van der Waals surface area contributed by atoms with Gasteiger partial charge in [0.05, 0.1) is 28.9 Å². The lowest BCUT2D eigenvalue weighted by Gasteiger charge is -2.29. The van der Waals surface area contributed by atoms with Crippen LogP contribution in [0.15, 0.2) is 64.7 Å². The van der Waals surface area contributed by atoms with Gasteiger partial charge in [0.25, 0.3) is 0 Å². The first-order chi connectivity index (χ1) is 15.1. The number of hydrogen-bond acceptors (Lipinski definition) is 5. The second kappa shape index (κ2) is 9.52. The third kappa shape index (κ3) is 5.16. The zero-order chi connectivity index (χ0) is 23.5. The van der Waals surface area contributed by atoms with E-state index in [9.17, 15) is 22.4 Å². The van der Waals surface area contributed by atoms with Gasteiger partial charge in [0.1, 0.15) is 5.82 Å². The maximum atomic E-state index is 13.2. The molecule has 0 bridgehead atoms. The van der Waals surface area contributed by atoms with Crippen LogP contribution in [0.2, 0.25) is 0 Å². The number of nitrogens with one attached hydrogen (secondary N) is 2. The van der Waals surface area contributed by atoms with Crippen molar-refractivity contribution in [2.75, 3.05) is 12.4 Å². The van der Waals surface area contributed by atoms with Crippen molar-refractivity contribution in [3.63, 3.8) is 0 Å². The van der Waals surface area contributed by atoms with E-state index in [1.165, 1.54) is 0 Å². The molecule has 9 heteroatoms. The van der Waals surface area contributed by atoms with Crippen molar-refractivity contribution in [2.24, 2.45) is 0 Å². The Morgan fingerprint density at radius 1 is 1.09 bits per heavy atom. The molecular weight excluding hydrogens is 435 g/mol. The van der Waals surface area contributed by atoms with Crippen molar-refractivity contribution < 1.29 is 27.1 Å². The maximum Gasteiger partial charge on any atom is 0.338 e. The smallest absolute Gasteiger partial charge is 0.338 e. The monoisotopic (exact) mass is 460 g/mol. The topological polar surface area (TPSA) is 102 Å². The fourth-order valence-corrected chi connectivity index (χ4v) is 4.75. The van der Waals surface area contributed by atoms with Gasteiger partial charge in [-0.1, -0.05) is 38.1 Å². The number of rotatable bonds is 7. The molecule has 2 aromatic rings. The number of sulfone groups is 1. The van der Waals surface area contributed by atoms with Gasteiger partial charge in [0.2, 0.25) is 0 Å². The van der Waals surface area contributed by atoms with Gasteiger partial charge in [-0.05, 0) is 48.2 Å². The molecule has 1 aliphatic rings. The molecule has 3 rings (SSSR count). The molecule has 0 aliphatic carbocycles. The summed E-state index contributed by atoms with van der Waals surface area (Å²) in [6, 6.07) is 10.2. The van der Waals surface area contributed by atoms with E-state index < -0.39 is 39.4 Å². The van der Waals surface area contributed by atoms with Crippen molar-refractivity contribution in [3.8, 4) is 0 Å². The summed E-state index contributed by atoms with van der Waals surface area (Å²) < 4.78 is 44.2. The van der Waals surface area contributed by atoms with Crippen LogP contribution in [-0.4, -0.2) is 32.8 Å². The first-order valence-electron chi connectivity index (χ1n) is 10.2. The molecule has 1 atom stereocenters. The first-order valence-corrected chi connectivity index (χ1v) is 11.8. The Morgan fingerprint density at radius 3 is 2.28 bits per heavy atom. The van der Waals surface area contributed by atoms with Crippen LogP contribution < -0.4 is 10.6 Å². The molecule has 0 unspecified atom stereocenters. The summed E-state index contributed by atoms with van der Waals surface area (Å²) in [4.78, 5) is 25.1. The van der Waals surface area contributed by atoms with Gasteiger partial charge in [-0.25, -0.2) is 22.4 Å². The number of ether oxygens (including phenoxy) is 1. The number of urea groups is 1. The van der Waals surface area contributed by atoms with Gasteiger partial charge in [0.15, 0.2) is 9.84 Å². The second-order valence-corrected chi connectivity index (χ2v) is 9.67. The molecule has 170 valence electrons. The summed E-state index contributed by atoms with van der Waals surface area (Å²) >= 11 is 0. The molecule has 32 heavy (non-hydrogen) atoms. The molecule has 0 saturated carbocycles. The SMILES string of the molecule is CCOC(=O)C1=C(CS(=O)(=O)c2ccc(F)cc2)NC(=O)N[C@@H]1c1ccc(C(C)C)cc1. The largest absolute Gasteiger partial charge is 0.463 e. The second-order valence-electron chi connectivity index (χ2n) is 7.68. The predicted octanol–water partition coefficient (Wildman–Crippen LogP) is 3.59. The van der Waals surface area contributed by atoms with Crippen molar-refractivity contribution in [2.45, 2.75) is 37.6 Å². The van der Waals surface area contributed by atoms with E-state index in [0.717, 1.165) is 29.8 Å². The van der Waals surface area contributed by atoms with Crippen LogP contribution in [0.1, 0.15) is 43.9 Å². The van der Waals surface area contributed by atoms with E-state index in [-0.39, 0.29) is 22.8 Å². The van der Waals surface area contributed by atoms with Crippen LogP contribution in [0.25, 0.3) is 0 Å². The molecule has 2 amide bonds. The Bertz CT molecular complexity index is 1140. The molecule has 2 N–H and O–H groups in total. The van der Waals surface area contributed by atoms with Gasteiger partial charge in [-0.2, -0.15) is 0 Å². The molecule has 7 nitrogen and oxygen atoms in total. The number of carbonyl (C=O) groups is 2. The average Bonchev–Trinajstić information content (AvgIpc) is 2.73. The maximum absolute atomic E-state index is 13.2. The van der Waals surface area contributed by atoms with Crippen molar-refractivity contribution in [1.29, 1.82) is 0 Å². The molecule has 1 heterocycles. The normalized spacial score (nSPS) is 16.5. The minimum absolute atomic E-state index is 0.00873. The number of esters is 1. The summed E-state index contributed by atoms with van der Waals surface area (Å²) in [5.41, 5.74) is 1.63. The van der Waals surface area contributed by atoms with E-state index in [0.29, 0.717) is 11.5 Å². The zero-order valence-electron chi connectivity index (χ0n) is 18.0. The van der Waals surface area contributed by atoms with Crippen LogP contribution in [0.3, 0.4) is 0 Å². The Kier molecular flexibility index (Phi) is 6.98. The Balaban J connectivity index is 2.07. The quantitative estimate of drug-likeness (QED) is 0.486. The first kappa shape index (κ1) is 23.5. The molecule has 0 radical (unpaired) electrons. The highest BCUT2D eigenvalue weighted by Crippen LogP contribution is 2.30. The number of amides is 2. The summed E-state index contributed by atoms with van der Waals surface area (Å²) in [5.74, 6) is -1.67. The standard InChI is InChI=1S/C23H25FN2O5S/c1-4-31-22(27)20-19(13-32(29,30)18-11-9-17(24)10-12-18)25-23(28)26-21(20)16-7-5-15(6-8-16)14(2)3/h5-12,14,21H,4,13H2,1-3H3,(H2,25,26,28)/t21-/m1/s1. The molecule has 0 fully saturated rings. The lowest BCUT2D eigenvalue weighted by atomic mass is 9.93. The van der Waals surface area contributed by atoms with E-state index >= 15 is 0 Å². The molecule has 1 aliphatic heterocycles. The van der Waals surface area contributed by atoms with Gasteiger partial charge < -0.3 is 15.4 Å². The summed E-state index contributed by atoms with van der Waals surface area (Å²) in [7, 11) is -3.98. The van der Waals surface area contributed by atoms with Gasteiger partial charge in [-0.15, -0.1) is 0 Å². The van der Waals surface area contributed by atoms with E-state index in [2.05, 4.69) is 10.6 Å². The third-order valence-corrected chi connectivity index (χ3v) is 6.75. The van der Waals surface area contributed by atoms with Gasteiger partial charge in [-0.3, -0.25) is 0 Å². The van der Waals surface area contributed by atoms with Crippen molar-refractivity contribution in [3.05, 3.63) is 76.7 Å². The minimum atomic E-state index is -3.98. The molecular formula is C23H25FN2O5S. The highest BCUT2D eigenvalue weighted by Gasteiger charge is 2.35.